The smallest absolute Gasteiger partial charge is 0.342 e. The molecule has 2 amide bonds. The molecule has 17 nitrogen and oxygen atoms in total. The van der Waals surface area contributed by atoms with Crippen molar-refractivity contribution in [1.29, 1.82) is 0 Å². The molecule has 0 radical (unpaired) electrons. The summed E-state index contributed by atoms with van der Waals surface area (Å²) in [7, 11) is -4.44. The fourth-order valence-electron chi connectivity index (χ4n) is 3.56. The number of nitrogens with zero attached hydrogens (tertiary/aromatic N) is 4. The fraction of sp³-hybridized carbons (Fsp3) is 0.682. The molecule has 0 bridgehead atoms. The molecular formula is C22H36N7O10P. The predicted octanol–water partition coefficient (Wildman–Crippen LogP) is 1.11. The third-order valence-corrected chi connectivity index (χ3v) is 7.37. The van der Waals surface area contributed by atoms with Crippen LogP contribution < -0.4 is 15.5 Å². The second kappa shape index (κ2) is 13.6. The number of ether oxygens (including phenoxy) is 3. The van der Waals surface area contributed by atoms with Gasteiger partial charge in [0.15, 0.2) is 6.23 Å². The van der Waals surface area contributed by atoms with Crippen LogP contribution in [0.3, 0.4) is 0 Å². The second-order valence-corrected chi connectivity index (χ2v) is 11.5. The maximum absolute atomic E-state index is 13.9. The summed E-state index contributed by atoms with van der Waals surface area (Å²) in [5, 5.41) is 32.2. The summed E-state index contributed by atoms with van der Waals surface area (Å²) in [5.74, 6) is -1.58. The van der Waals surface area contributed by atoms with Crippen LogP contribution in [0.1, 0.15) is 41.5 Å². The van der Waals surface area contributed by atoms with E-state index in [1.165, 1.54) is 26.1 Å². The monoisotopic (exact) mass is 589 g/mol. The number of amides is 2. The third-order valence-electron chi connectivity index (χ3n) is 5.42. The molecule has 224 valence electrons. The van der Waals surface area contributed by atoms with E-state index >= 15 is 0 Å². The number of hydrogen-bond donors (Lipinski definition) is 5. The normalized spacial score (nSPS) is 27.6. The summed E-state index contributed by atoms with van der Waals surface area (Å²) in [6.07, 6.45) is -3.70. The van der Waals surface area contributed by atoms with Crippen molar-refractivity contribution >= 4 is 25.6 Å². The number of rotatable bonds is 13. The molecule has 2 rings (SSSR count). The van der Waals surface area contributed by atoms with Gasteiger partial charge in [-0.3, -0.25) is 19.1 Å². The fourth-order valence-corrected chi connectivity index (χ4v) is 5.38. The maximum atomic E-state index is 13.9. The van der Waals surface area contributed by atoms with Gasteiger partial charge in [-0.25, -0.2) is 15.0 Å². The molecule has 0 aliphatic carbocycles. The van der Waals surface area contributed by atoms with Gasteiger partial charge in [-0.1, -0.05) is 11.7 Å². The van der Waals surface area contributed by atoms with E-state index in [-0.39, 0.29) is 5.70 Å². The van der Waals surface area contributed by atoms with Crippen molar-refractivity contribution in [1.82, 2.24) is 20.4 Å². The minimum Gasteiger partial charge on any atom is -0.462 e. The van der Waals surface area contributed by atoms with E-state index in [1.54, 1.807) is 27.7 Å². The molecule has 40 heavy (non-hydrogen) atoms. The molecule has 0 spiro atoms. The van der Waals surface area contributed by atoms with E-state index < -0.39 is 80.7 Å². The largest absolute Gasteiger partial charge is 0.462 e. The van der Waals surface area contributed by atoms with Crippen molar-refractivity contribution in [3.8, 4) is 0 Å². The van der Waals surface area contributed by atoms with Gasteiger partial charge in [0.2, 0.25) is 5.72 Å². The summed E-state index contributed by atoms with van der Waals surface area (Å²) in [5.41, 5.74) is 7.06. The number of urea groups is 1. The highest BCUT2D eigenvalue weighted by molar-refractivity contribution is 7.54. The Morgan fingerprint density at radius 2 is 1.73 bits per heavy atom. The van der Waals surface area contributed by atoms with Gasteiger partial charge in [0.25, 0.3) is 0 Å². The molecule has 5 N–H and O–H groups in total. The predicted molar refractivity (Wildman–Crippen MR) is 139 cm³/mol. The summed E-state index contributed by atoms with van der Waals surface area (Å²) >= 11 is 0. The van der Waals surface area contributed by atoms with Gasteiger partial charge in [0.05, 0.1) is 18.8 Å². The molecule has 2 aliphatic heterocycles. The number of azide groups is 1. The second-order valence-electron chi connectivity index (χ2n) is 9.65. The Morgan fingerprint density at radius 1 is 1.20 bits per heavy atom. The van der Waals surface area contributed by atoms with Crippen LogP contribution in [0.4, 0.5) is 4.79 Å². The first kappa shape index (κ1) is 33.2. The molecule has 0 aromatic heterocycles. The van der Waals surface area contributed by atoms with Gasteiger partial charge >= 0.3 is 25.6 Å². The standard InChI is InChI=1S/C22H36N7O10P/c1-11(2)37-19(32)14(6)25-40(35,26-15(7)20(33)38-12(3)4)36-10-22(27-28-23)17(31)16(30)18(39-22)29-9-8-13(5)24-21(29)34/h8-9,11-12,14-18,30-31H,5,10H2,1-4,6-7H3,(H,24,34)(H2,25,26,35)/t14?,15?,16-,17+,18-,22-,40?/m1/s1. The Hall–Kier alpha value is -3.01. The maximum Gasteiger partial charge on any atom is 0.342 e. The first-order chi connectivity index (χ1) is 18.5. The van der Waals surface area contributed by atoms with Crippen LogP contribution in [-0.2, 0) is 32.9 Å². The quantitative estimate of drug-likeness (QED) is 0.0668. The van der Waals surface area contributed by atoms with E-state index in [0.717, 1.165) is 4.90 Å². The van der Waals surface area contributed by atoms with Crippen molar-refractivity contribution in [2.45, 2.75) is 90.0 Å². The Balaban J connectivity index is 2.35. The highest BCUT2D eigenvalue weighted by Gasteiger charge is 2.57. The van der Waals surface area contributed by atoms with E-state index in [9.17, 15) is 34.7 Å². The molecule has 0 aromatic rings. The summed E-state index contributed by atoms with van der Waals surface area (Å²) in [6.45, 7) is 11.7. The van der Waals surface area contributed by atoms with Crippen molar-refractivity contribution in [2.75, 3.05) is 6.61 Å². The van der Waals surface area contributed by atoms with Gasteiger partial charge in [-0.05, 0) is 53.1 Å². The van der Waals surface area contributed by atoms with E-state index in [1.807, 2.05) is 0 Å². The van der Waals surface area contributed by atoms with Gasteiger partial charge < -0.3 is 34.3 Å². The number of allylic oxidation sites excluding steroid dienone is 1. The lowest BCUT2D eigenvalue weighted by atomic mass is 10.1. The zero-order valence-corrected chi connectivity index (χ0v) is 23.9. The minimum atomic E-state index is -4.44. The highest BCUT2D eigenvalue weighted by Crippen LogP contribution is 2.44. The summed E-state index contributed by atoms with van der Waals surface area (Å²) in [4.78, 5) is 40.7. The third kappa shape index (κ3) is 8.25. The molecule has 0 saturated carbocycles. The molecule has 0 aromatic carbocycles. The zero-order chi connectivity index (χ0) is 30.4. The summed E-state index contributed by atoms with van der Waals surface area (Å²) in [6, 6.07) is -3.22. The molecule has 2 heterocycles. The van der Waals surface area contributed by atoms with Crippen LogP contribution in [0.25, 0.3) is 10.4 Å². The van der Waals surface area contributed by atoms with Gasteiger partial charge in [-0.15, -0.1) is 0 Å². The highest BCUT2D eigenvalue weighted by atomic mass is 31.2. The number of carbonyl (C=O) groups is 3. The number of esters is 2. The average Bonchev–Trinajstić information content (AvgIpc) is 3.07. The molecule has 1 saturated heterocycles. The summed E-state index contributed by atoms with van der Waals surface area (Å²) < 4.78 is 35.3. The Morgan fingerprint density at radius 3 is 2.17 bits per heavy atom. The van der Waals surface area contributed by atoms with Gasteiger partial charge in [-0.2, -0.15) is 0 Å². The van der Waals surface area contributed by atoms with E-state index in [4.69, 9.17) is 18.7 Å². The number of hydrogen-bond acceptors (Lipinski definition) is 11. The van der Waals surface area contributed by atoms with Crippen molar-refractivity contribution in [3.63, 3.8) is 0 Å². The lowest BCUT2D eigenvalue weighted by Crippen LogP contribution is -2.49. The van der Waals surface area contributed by atoms with E-state index in [0.29, 0.717) is 0 Å². The Bertz CT molecular complexity index is 1080. The number of carbonyl (C=O) groups excluding carboxylic acids is 3. The topological polar surface area (TPSA) is 234 Å². The SMILES string of the molecule is C=C1C=CN([C@@H]2O[C@@](COP(=O)(NC(C)C(=O)OC(C)C)NC(C)C(=O)OC(C)C)(N=[N+]=[N-])[C@@H](O)[C@H]2O)C(=O)N1. The van der Waals surface area contributed by atoms with Crippen LogP contribution >= 0.6 is 7.67 Å². The zero-order valence-electron chi connectivity index (χ0n) is 23.0. The number of aliphatic hydroxyl groups excluding tert-OH is 2. The Kier molecular flexibility index (Phi) is 11.3. The lowest BCUT2D eigenvalue weighted by molar-refractivity contribution is -0.149. The number of nitrogens with one attached hydrogen (secondary N) is 3. The Labute approximate surface area is 231 Å². The molecule has 2 unspecified atom stereocenters. The molecule has 1 fully saturated rings. The van der Waals surface area contributed by atoms with Crippen LogP contribution in [0.5, 0.6) is 0 Å². The van der Waals surface area contributed by atoms with Crippen LogP contribution in [0.2, 0.25) is 0 Å². The van der Waals surface area contributed by atoms with Crippen LogP contribution in [0.15, 0.2) is 29.7 Å². The molecule has 2 aliphatic rings. The van der Waals surface area contributed by atoms with E-state index in [2.05, 4.69) is 32.1 Å². The first-order valence-electron chi connectivity index (χ1n) is 12.3. The first-order valence-corrected chi connectivity index (χ1v) is 13.9. The van der Waals surface area contributed by atoms with Crippen molar-refractivity contribution < 1.29 is 47.9 Å². The van der Waals surface area contributed by atoms with Gasteiger partial charge in [0, 0.05) is 16.8 Å². The molecule has 6 atom stereocenters. The van der Waals surface area contributed by atoms with Crippen LogP contribution in [0, 0.1) is 0 Å². The number of aliphatic hydroxyl groups is 2. The van der Waals surface area contributed by atoms with Crippen LogP contribution in [-0.4, -0.2) is 88.1 Å². The van der Waals surface area contributed by atoms with Gasteiger partial charge in [0.1, 0.15) is 24.3 Å². The van der Waals surface area contributed by atoms with Crippen molar-refractivity contribution in [2.24, 2.45) is 5.11 Å². The molecular weight excluding hydrogens is 553 g/mol. The van der Waals surface area contributed by atoms with Crippen molar-refractivity contribution in [3.05, 3.63) is 35.0 Å². The molecule has 18 heteroatoms. The minimum absolute atomic E-state index is 0.257. The average molecular weight is 590 g/mol. The lowest BCUT2D eigenvalue weighted by Gasteiger charge is -2.32.